The van der Waals surface area contributed by atoms with E-state index in [0.29, 0.717) is 6.04 Å². The molecule has 20 heavy (non-hydrogen) atoms. The molecule has 1 atom stereocenters. The Bertz CT molecular complexity index is 590. The van der Waals surface area contributed by atoms with E-state index in [2.05, 4.69) is 61.4 Å². The van der Waals surface area contributed by atoms with Gasteiger partial charge in [0.2, 0.25) is 0 Å². The molecule has 1 heterocycles. The fourth-order valence-electron chi connectivity index (χ4n) is 3.42. The normalized spacial score (nSPS) is 18.1. The van der Waals surface area contributed by atoms with Crippen molar-refractivity contribution in [3.8, 4) is 0 Å². The Hall–Kier alpha value is -1.54. The summed E-state index contributed by atoms with van der Waals surface area (Å²) in [5.74, 6) is 0. The number of nitrogens with one attached hydrogen (secondary N) is 1. The fraction of sp³-hybridized carbons (Fsp3) is 0.444. The summed E-state index contributed by atoms with van der Waals surface area (Å²) in [4.78, 5) is 0. The summed E-state index contributed by atoms with van der Waals surface area (Å²) >= 11 is 0. The van der Waals surface area contributed by atoms with E-state index in [-0.39, 0.29) is 0 Å². The lowest BCUT2D eigenvalue weighted by atomic mass is 9.91. The molecule has 0 amide bonds. The van der Waals surface area contributed by atoms with Gasteiger partial charge in [0, 0.05) is 25.0 Å². The van der Waals surface area contributed by atoms with Crippen LogP contribution in [0.1, 0.15) is 46.7 Å². The smallest absolute Gasteiger partial charge is 0.0475 e. The molecule has 3 rings (SSSR count). The van der Waals surface area contributed by atoms with E-state index in [0.717, 1.165) is 6.54 Å². The first kappa shape index (κ1) is 13.4. The van der Waals surface area contributed by atoms with Crippen molar-refractivity contribution in [3.05, 3.63) is 58.4 Å². The van der Waals surface area contributed by atoms with Crippen LogP contribution >= 0.6 is 0 Å². The van der Waals surface area contributed by atoms with E-state index in [1.807, 2.05) is 0 Å². The number of fused-ring (bicyclic) bond motifs is 1. The highest BCUT2D eigenvalue weighted by Gasteiger charge is 2.20. The van der Waals surface area contributed by atoms with Crippen molar-refractivity contribution in [2.24, 2.45) is 0 Å². The third-order valence-corrected chi connectivity index (χ3v) is 4.65. The predicted molar refractivity (Wildman–Crippen MR) is 84.2 cm³/mol. The maximum atomic E-state index is 3.45. The van der Waals surface area contributed by atoms with Crippen molar-refractivity contribution in [1.82, 2.24) is 9.88 Å². The van der Waals surface area contributed by atoms with Gasteiger partial charge in [0.25, 0.3) is 0 Å². The summed E-state index contributed by atoms with van der Waals surface area (Å²) in [6.45, 7) is 5.41. The van der Waals surface area contributed by atoms with Gasteiger partial charge in [-0.1, -0.05) is 18.2 Å². The minimum atomic E-state index is 0.540. The Morgan fingerprint density at radius 2 is 1.95 bits per heavy atom. The van der Waals surface area contributed by atoms with Crippen LogP contribution in [-0.2, 0) is 13.0 Å². The number of nitrogens with zero attached hydrogens (tertiary/aromatic N) is 1. The standard InChI is InChI=1S/C18H24N2/c1-13-6-4-7-14(2)16(13)11-20-10-15-8-5-9-18(19-3)17(15)12-20/h4,6-7,10,12,18-19H,5,8-9,11H2,1-3H3. The minimum Gasteiger partial charge on any atom is -0.349 e. The van der Waals surface area contributed by atoms with Crippen molar-refractivity contribution >= 4 is 0 Å². The lowest BCUT2D eigenvalue weighted by Crippen LogP contribution is -2.20. The molecule has 0 aliphatic heterocycles. The average Bonchev–Trinajstić information content (AvgIpc) is 2.85. The van der Waals surface area contributed by atoms with E-state index in [1.165, 1.54) is 47.1 Å². The summed E-state index contributed by atoms with van der Waals surface area (Å²) in [7, 11) is 2.07. The SMILES string of the molecule is CNC1CCCc2cn(Cc3c(C)cccc3C)cc21. The van der Waals surface area contributed by atoms with Gasteiger partial charge in [-0.25, -0.2) is 0 Å². The maximum absolute atomic E-state index is 3.45. The van der Waals surface area contributed by atoms with Crippen LogP contribution in [0.25, 0.3) is 0 Å². The van der Waals surface area contributed by atoms with Gasteiger partial charge in [-0.2, -0.15) is 0 Å². The van der Waals surface area contributed by atoms with Gasteiger partial charge in [-0.05, 0) is 68.0 Å². The first-order chi connectivity index (χ1) is 9.69. The second-order valence-corrected chi connectivity index (χ2v) is 6.01. The van der Waals surface area contributed by atoms with Gasteiger partial charge < -0.3 is 9.88 Å². The molecule has 106 valence electrons. The van der Waals surface area contributed by atoms with Crippen molar-refractivity contribution in [3.63, 3.8) is 0 Å². The maximum Gasteiger partial charge on any atom is 0.0475 e. The number of hydrogen-bond acceptors (Lipinski definition) is 1. The summed E-state index contributed by atoms with van der Waals surface area (Å²) in [6, 6.07) is 7.11. The van der Waals surface area contributed by atoms with E-state index < -0.39 is 0 Å². The van der Waals surface area contributed by atoms with Crippen molar-refractivity contribution in [2.75, 3.05) is 7.05 Å². The quantitative estimate of drug-likeness (QED) is 0.897. The highest BCUT2D eigenvalue weighted by molar-refractivity contribution is 5.35. The van der Waals surface area contributed by atoms with Gasteiger partial charge in [0.05, 0.1) is 0 Å². The van der Waals surface area contributed by atoms with Crippen LogP contribution in [-0.4, -0.2) is 11.6 Å². The molecule has 1 aromatic heterocycles. The Morgan fingerprint density at radius 1 is 1.20 bits per heavy atom. The van der Waals surface area contributed by atoms with Crippen molar-refractivity contribution in [2.45, 2.75) is 45.7 Å². The molecule has 1 N–H and O–H groups in total. The van der Waals surface area contributed by atoms with E-state index >= 15 is 0 Å². The van der Waals surface area contributed by atoms with Crippen LogP contribution < -0.4 is 5.32 Å². The van der Waals surface area contributed by atoms with Crippen LogP contribution in [0.5, 0.6) is 0 Å². The molecule has 0 fully saturated rings. The third-order valence-electron chi connectivity index (χ3n) is 4.65. The molecular weight excluding hydrogens is 244 g/mol. The summed E-state index contributed by atoms with van der Waals surface area (Å²) in [6.07, 6.45) is 8.49. The molecule has 0 spiro atoms. The second-order valence-electron chi connectivity index (χ2n) is 6.01. The van der Waals surface area contributed by atoms with Crippen LogP contribution in [0.15, 0.2) is 30.6 Å². The largest absolute Gasteiger partial charge is 0.349 e. The first-order valence-corrected chi connectivity index (χ1v) is 7.60. The van der Waals surface area contributed by atoms with Gasteiger partial charge in [0.15, 0.2) is 0 Å². The monoisotopic (exact) mass is 268 g/mol. The van der Waals surface area contributed by atoms with Crippen LogP contribution in [0.2, 0.25) is 0 Å². The third kappa shape index (κ3) is 2.40. The fourth-order valence-corrected chi connectivity index (χ4v) is 3.42. The molecular formula is C18H24N2. The minimum absolute atomic E-state index is 0.540. The van der Waals surface area contributed by atoms with Gasteiger partial charge in [-0.3, -0.25) is 0 Å². The number of rotatable bonds is 3. The summed E-state index contributed by atoms with van der Waals surface area (Å²) in [5, 5.41) is 3.45. The summed E-state index contributed by atoms with van der Waals surface area (Å²) < 4.78 is 2.37. The molecule has 1 aliphatic rings. The van der Waals surface area contributed by atoms with Gasteiger partial charge >= 0.3 is 0 Å². The average molecular weight is 268 g/mol. The first-order valence-electron chi connectivity index (χ1n) is 7.60. The van der Waals surface area contributed by atoms with Crippen molar-refractivity contribution in [1.29, 1.82) is 0 Å². The van der Waals surface area contributed by atoms with Crippen LogP contribution in [0.4, 0.5) is 0 Å². The number of aromatic nitrogens is 1. The molecule has 0 saturated carbocycles. The van der Waals surface area contributed by atoms with E-state index in [1.54, 1.807) is 0 Å². The Balaban J connectivity index is 1.91. The van der Waals surface area contributed by atoms with Gasteiger partial charge in [-0.15, -0.1) is 0 Å². The highest BCUT2D eigenvalue weighted by Crippen LogP contribution is 2.30. The molecule has 1 unspecified atom stereocenters. The topological polar surface area (TPSA) is 17.0 Å². The van der Waals surface area contributed by atoms with E-state index in [4.69, 9.17) is 0 Å². The molecule has 0 saturated heterocycles. The predicted octanol–water partition coefficient (Wildman–Crippen LogP) is 3.75. The number of aryl methyl sites for hydroxylation is 3. The van der Waals surface area contributed by atoms with Gasteiger partial charge in [0.1, 0.15) is 0 Å². The molecule has 1 aromatic carbocycles. The lowest BCUT2D eigenvalue weighted by Gasteiger charge is -2.21. The molecule has 2 heteroatoms. The Kier molecular flexibility index (Phi) is 3.66. The zero-order valence-corrected chi connectivity index (χ0v) is 12.7. The molecule has 0 radical (unpaired) electrons. The van der Waals surface area contributed by atoms with Crippen LogP contribution in [0, 0.1) is 13.8 Å². The van der Waals surface area contributed by atoms with Crippen molar-refractivity contribution < 1.29 is 0 Å². The van der Waals surface area contributed by atoms with Crippen LogP contribution in [0.3, 0.4) is 0 Å². The molecule has 2 aromatic rings. The Labute approximate surface area is 121 Å². The van der Waals surface area contributed by atoms with E-state index in [9.17, 15) is 0 Å². The summed E-state index contributed by atoms with van der Waals surface area (Å²) in [5.41, 5.74) is 7.27. The molecule has 1 aliphatic carbocycles. The second kappa shape index (κ2) is 5.45. The zero-order valence-electron chi connectivity index (χ0n) is 12.7. The number of benzene rings is 1. The lowest BCUT2D eigenvalue weighted by molar-refractivity contribution is 0.498. The number of hydrogen-bond donors (Lipinski definition) is 1. The molecule has 2 nitrogen and oxygen atoms in total. The highest BCUT2D eigenvalue weighted by atomic mass is 15.0. The Morgan fingerprint density at radius 3 is 2.65 bits per heavy atom. The molecule has 0 bridgehead atoms. The zero-order chi connectivity index (χ0) is 14.1.